The van der Waals surface area contributed by atoms with Crippen LogP contribution in [0.15, 0.2) is 24.3 Å². The van der Waals surface area contributed by atoms with E-state index in [0.717, 1.165) is 19.4 Å². The zero-order valence-corrected chi connectivity index (χ0v) is 27.8. The van der Waals surface area contributed by atoms with Crippen molar-refractivity contribution in [3.05, 3.63) is 35.4 Å². The first-order chi connectivity index (χ1) is 20.1. The van der Waals surface area contributed by atoms with Crippen LogP contribution in [-0.4, -0.2) is 54.2 Å². The van der Waals surface area contributed by atoms with E-state index in [-0.39, 0.29) is 18.2 Å². The van der Waals surface area contributed by atoms with Crippen LogP contribution < -0.4 is 11.1 Å². The van der Waals surface area contributed by atoms with E-state index in [2.05, 4.69) is 19.2 Å². The number of unbranched alkanes of at least 4 members (excludes halogenated alkanes) is 15. The van der Waals surface area contributed by atoms with E-state index in [4.69, 9.17) is 20.5 Å². The number of aliphatic hydroxyl groups is 2. The van der Waals surface area contributed by atoms with Crippen LogP contribution in [0.25, 0.3) is 0 Å². The van der Waals surface area contributed by atoms with Gasteiger partial charge in [0.1, 0.15) is 0 Å². The number of benzene rings is 1. The molecule has 9 heteroatoms. The second-order valence-corrected chi connectivity index (χ2v) is 12.6. The lowest BCUT2D eigenvalue weighted by atomic mass is 10.0. The largest absolute Gasteiger partial charge is 0.367 e. The van der Waals surface area contributed by atoms with E-state index < -0.39 is 16.4 Å². The lowest BCUT2D eigenvalue weighted by Crippen LogP contribution is -2.31. The highest BCUT2D eigenvalue weighted by atomic mass is 32.2. The molecule has 1 rings (SSSR count). The third-order valence-electron chi connectivity index (χ3n) is 6.73. The number of amides is 1. The molecule has 0 heterocycles. The Morgan fingerprint density at radius 3 is 1.43 bits per heavy atom. The molecule has 1 aromatic rings. The minimum atomic E-state index is -3.67. The van der Waals surface area contributed by atoms with E-state index >= 15 is 0 Å². The van der Waals surface area contributed by atoms with E-state index in [9.17, 15) is 13.2 Å². The van der Waals surface area contributed by atoms with Gasteiger partial charge in [-0.1, -0.05) is 129 Å². The fourth-order valence-corrected chi connectivity index (χ4v) is 4.76. The second-order valence-electron chi connectivity index (χ2n) is 11.0. The van der Waals surface area contributed by atoms with Gasteiger partial charge in [-0.05, 0) is 49.9 Å². The molecule has 0 saturated heterocycles. The average Bonchev–Trinajstić information content (AvgIpc) is 2.95. The third-order valence-corrected chi connectivity index (χ3v) is 7.66. The minimum Gasteiger partial charge on any atom is -0.367 e. The van der Waals surface area contributed by atoms with Crippen molar-refractivity contribution in [3.63, 3.8) is 0 Å². The van der Waals surface area contributed by atoms with Gasteiger partial charge in [0.15, 0.2) is 6.29 Å². The molecular weight excluding hydrogens is 552 g/mol. The Balaban J connectivity index is 0. The Labute approximate surface area is 258 Å². The maximum atomic E-state index is 11.8. The number of rotatable bonds is 23. The van der Waals surface area contributed by atoms with Crippen LogP contribution >= 0.6 is 0 Å². The van der Waals surface area contributed by atoms with Crippen molar-refractivity contribution in [2.45, 2.75) is 149 Å². The van der Waals surface area contributed by atoms with Crippen molar-refractivity contribution in [1.29, 1.82) is 0 Å². The molecule has 0 saturated carbocycles. The van der Waals surface area contributed by atoms with Gasteiger partial charge in [-0.3, -0.25) is 9.35 Å². The molecule has 0 aliphatic rings. The van der Waals surface area contributed by atoms with Gasteiger partial charge in [-0.25, -0.2) is 0 Å². The van der Waals surface area contributed by atoms with Crippen LogP contribution in [0.2, 0.25) is 0 Å². The fraction of sp³-hybridized carbons (Fsp3) is 0.788. The number of carbonyl (C=O) groups is 1. The first-order valence-corrected chi connectivity index (χ1v) is 18.1. The molecule has 0 radical (unpaired) electrons. The molecule has 42 heavy (non-hydrogen) atoms. The number of carbonyl (C=O) groups excluding carboxylic acids is 1. The number of aryl methyl sites for hydroxylation is 1. The summed E-state index contributed by atoms with van der Waals surface area (Å²) in [5, 5.41) is 20.1. The SMILES string of the molecule is CCCCCCCCCCCCCCCCCCc1ccc(C(=O)NCC(O)O)cc1.CCCN.CCCS(=O)(=O)O. The second kappa shape index (κ2) is 30.9. The molecule has 0 aliphatic heterocycles. The van der Waals surface area contributed by atoms with E-state index in [0.29, 0.717) is 12.0 Å². The number of hydrogen-bond donors (Lipinski definition) is 5. The smallest absolute Gasteiger partial charge is 0.264 e. The van der Waals surface area contributed by atoms with E-state index in [1.165, 1.54) is 108 Å². The molecule has 1 aromatic carbocycles. The summed E-state index contributed by atoms with van der Waals surface area (Å²) in [5.41, 5.74) is 6.83. The molecule has 0 atom stereocenters. The number of hydrogen-bond acceptors (Lipinski definition) is 6. The van der Waals surface area contributed by atoms with Crippen LogP contribution in [0.1, 0.15) is 152 Å². The number of nitrogens with one attached hydrogen (secondary N) is 1. The molecule has 0 spiro atoms. The van der Waals surface area contributed by atoms with Crippen LogP contribution in [0, 0.1) is 0 Å². The van der Waals surface area contributed by atoms with Crippen LogP contribution in [-0.2, 0) is 16.5 Å². The van der Waals surface area contributed by atoms with Crippen molar-refractivity contribution in [2.24, 2.45) is 5.73 Å². The first kappa shape index (κ1) is 42.6. The summed E-state index contributed by atoms with van der Waals surface area (Å²) < 4.78 is 27.6. The Bertz CT molecular complexity index is 814. The highest BCUT2D eigenvalue weighted by Crippen LogP contribution is 2.15. The monoisotopic (exact) mass is 616 g/mol. The van der Waals surface area contributed by atoms with Gasteiger partial charge in [0, 0.05) is 5.56 Å². The quantitative estimate of drug-likeness (QED) is 0.0497. The van der Waals surface area contributed by atoms with Crippen LogP contribution in [0.3, 0.4) is 0 Å². The Morgan fingerprint density at radius 1 is 0.714 bits per heavy atom. The summed E-state index contributed by atoms with van der Waals surface area (Å²) in [4.78, 5) is 11.8. The highest BCUT2D eigenvalue weighted by molar-refractivity contribution is 7.85. The van der Waals surface area contributed by atoms with Crippen molar-refractivity contribution in [2.75, 3.05) is 18.8 Å². The van der Waals surface area contributed by atoms with Crippen molar-refractivity contribution < 1.29 is 28.0 Å². The summed E-state index contributed by atoms with van der Waals surface area (Å²) >= 11 is 0. The lowest BCUT2D eigenvalue weighted by Gasteiger charge is -2.07. The molecule has 0 unspecified atom stereocenters. The Kier molecular flexibility index (Phi) is 31.4. The first-order valence-electron chi connectivity index (χ1n) is 16.5. The summed E-state index contributed by atoms with van der Waals surface area (Å²) in [7, 11) is -3.67. The zero-order valence-electron chi connectivity index (χ0n) is 27.0. The molecule has 0 aliphatic carbocycles. The molecule has 8 nitrogen and oxygen atoms in total. The molecule has 1 amide bonds. The lowest BCUT2D eigenvalue weighted by molar-refractivity contribution is -0.0361. The van der Waals surface area contributed by atoms with Gasteiger partial charge >= 0.3 is 0 Å². The predicted molar refractivity (Wildman–Crippen MR) is 176 cm³/mol. The molecule has 248 valence electrons. The van der Waals surface area contributed by atoms with Gasteiger partial charge in [0.2, 0.25) is 0 Å². The summed E-state index contributed by atoms with van der Waals surface area (Å²) in [6.45, 7) is 6.69. The van der Waals surface area contributed by atoms with Gasteiger partial charge < -0.3 is 21.3 Å². The predicted octanol–water partition coefficient (Wildman–Crippen LogP) is 7.17. The molecule has 0 fully saturated rings. The molecule has 6 N–H and O–H groups in total. The number of aliphatic hydroxyl groups excluding tert-OH is 1. The van der Waals surface area contributed by atoms with Crippen LogP contribution in [0.5, 0.6) is 0 Å². The van der Waals surface area contributed by atoms with Crippen LogP contribution in [0.4, 0.5) is 0 Å². The Morgan fingerprint density at radius 2 is 1.12 bits per heavy atom. The maximum absolute atomic E-state index is 11.8. The molecule has 0 bridgehead atoms. The Hall–Kier alpha value is -1.52. The molecule has 0 aromatic heterocycles. The third kappa shape index (κ3) is 33.0. The molecular formula is C33H64N2O6S. The standard InChI is InChI=1S/C27H47NO3.C3H9N.C3H8O3S/c1-2-3-4-5-6-7-8-9-10-11-12-13-14-15-16-17-18-24-19-21-25(22-20-24)27(31)28-23-26(29)30;1-2-3-4;1-2-3-7(4,5)6/h19-22,26,29-30H,2-18,23H2,1H3,(H,28,31);2-4H2,1H3;2-3H2,1H3,(H,4,5,6). The highest BCUT2D eigenvalue weighted by Gasteiger charge is 2.06. The summed E-state index contributed by atoms with van der Waals surface area (Å²) in [6, 6.07) is 7.60. The summed E-state index contributed by atoms with van der Waals surface area (Å²) in [6.07, 6.45) is 23.2. The van der Waals surface area contributed by atoms with Crippen molar-refractivity contribution in [3.8, 4) is 0 Å². The van der Waals surface area contributed by atoms with Gasteiger partial charge in [0.25, 0.3) is 16.0 Å². The average molecular weight is 617 g/mol. The zero-order chi connectivity index (χ0) is 31.9. The fourth-order valence-electron chi connectivity index (χ4n) is 4.24. The van der Waals surface area contributed by atoms with Gasteiger partial charge in [-0.2, -0.15) is 8.42 Å². The number of nitrogens with two attached hydrogens (primary N) is 1. The normalized spacial score (nSPS) is 11.0. The van der Waals surface area contributed by atoms with Crippen molar-refractivity contribution in [1.82, 2.24) is 5.32 Å². The van der Waals surface area contributed by atoms with E-state index in [1.54, 1.807) is 19.1 Å². The topological polar surface area (TPSA) is 150 Å². The maximum Gasteiger partial charge on any atom is 0.264 e. The van der Waals surface area contributed by atoms with Gasteiger partial charge in [-0.15, -0.1) is 0 Å². The minimum absolute atomic E-state index is 0.132. The van der Waals surface area contributed by atoms with Crippen molar-refractivity contribution >= 4 is 16.0 Å². The van der Waals surface area contributed by atoms with Gasteiger partial charge in [0.05, 0.1) is 12.3 Å². The summed E-state index contributed by atoms with van der Waals surface area (Å²) in [5.74, 6) is -0.408. The van der Waals surface area contributed by atoms with E-state index in [1.807, 2.05) is 12.1 Å².